The summed E-state index contributed by atoms with van der Waals surface area (Å²) < 4.78 is 10.7. The summed E-state index contributed by atoms with van der Waals surface area (Å²) in [7, 11) is 1.47. The number of aliphatic hydroxyl groups excluding tert-OH is 1. The summed E-state index contributed by atoms with van der Waals surface area (Å²) in [5.74, 6) is -1.24. The van der Waals surface area contributed by atoms with E-state index in [1.165, 1.54) is 24.3 Å². The third-order valence-electron chi connectivity index (χ3n) is 5.10. The van der Waals surface area contributed by atoms with Gasteiger partial charge in [0.2, 0.25) is 0 Å². The van der Waals surface area contributed by atoms with Gasteiger partial charge in [0.25, 0.3) is 11.7 Å². The summed E-state index contributed by atoms with van der Waals surface area (Å²) in [6.45, 7) is 1.78. The van der Waals surface area contributed by atoms with Crippen LogP contribution in [0.25, 0.3) is 5.76 Å². The number of carbonyl (C=O) groups excluding carboxylic acids is 2. The molecule has 1 atom stereocenters. The first kappa shape index (κ1) is 21.0. The number of aliphatic hydroxyl groups is 1. The highest BCUT2D eigenvalue weighted by atomic mass is 35.5. The molecule has 0 bridgehead atoms. The van der Waals surface area contributed by atoms with Gasteiger partial charge in [-0.05, 0) is 61.0 Å². The van der Waals surface area contributed by atoms with Crippen LogP contribution in [-0.2, 0) is 9.59 Å². The van der Waals surface area contributed by atoms with Crippen LogP contribution in [0.5, 0.6) is 5.75 Å². The van der Waals surface area contributed by atoms with Gasteiger partial charge in [-0.15, -0.1) is 0 Å². The van der Waals surface area contributed by atoms with Gasteiger partial charge in [-0.25, -0.2) is 0 Å². The van der Waals surface area contributed by atoms with Crippen molar-refractivity contribution in [2.24, 2.45) is 0 Å². The molecule has 6 nitrogen and oxygen atoms in total. The molecule has 1 N–H and O–H groups in total. The highest BCUT2D eigenvalue weighted by Gasteiger charge is 2.48. The van der Waals surface area contributed by atoms with Crippen molar-refractivity contribution in [3.8, 4) is 5.75 Å². The number of rotatable bonds is 4. The van der Waals surface area contributed by atoms with E-state index in [1.807, 2.05) is 0 Å². The van der Waals surface area contributed by atoms with Gasteiger partial charge in [0, 0.05) is 16.3 Å². The van der Waals surface area contributed by atoms with Gasteiger partial charge in [-0.1, -0.05) is 23.2 Å². The summed E-state index contributed by atoms with van der Waals surface area (Å²) >= 11 is 12.3. The number of furan rings is 1. The standard InChI is InChI=1S/C23H17Cl2NO5/c1-12-10-14(24)6-7-16(12)26-20(18-4-3-9-31-18)19(22(28)23(26)29)21(27)13-5-8-17(30-2)15(25)11-13/h3-11,20,27H,1-2H3/b21-19-. The van der Waals surface area contributed by atoms with Crippen LogP contribution >= 0.6 is 23.2 Å². The average molecular weight is 458 g/mol. The van der Waals surface area contributed by atoms with E-state index < -0.39 is 17.7 Å². The fourth-order valence-corrected chi connectivity index (χ4v) is 4.14. The zero-order valence-corrected chi connectivity index (χ0v) is 18.1. The van der Waals surface area contributed by atoms with Crippen molar-refractivity contribution in [3.05, 3.63) is 87.3 Å². The van der Waals surface area contributed by atoms with Crippen LogP contribution in [0, 0.1) is 6.92 Å². The lowest BCUT2D eigenvalue weighted by atomic mass is 9.99. The molecular weight excluding hydrogens is 441 g/mol. The van der Waals surface area contributed by atoms with E-state index in [1.54, 1.807) is 49.4 Å². The maximum atomic E-state index is 13.1. The second-order valence-electron chi connectivity index (χ2n) is 6.96. The SMILES string of the molecule is COc1ccc(/C(O)=C2/C(=O)C(=O)N(c3ccc(Cl)cc3C)C2c2ccco2)cc1Cl. The third kappa shape index (κ3) is 3.58. The molecule has 4 rings (SSSR count). The van der Waals surface area contributed by atoms with Gasteiger partial charge in [-0.2, -0.15) is 0 Å². The topological polar surface area (TPSA) is 80.0 Å². The lowest BCUT2D eigenvalue weighted by Crippen LogP contribution is -2.29. The predicted molar refractivity (Wildman–Crippen MR) is 118 cm³/mol. The van der Waals surface area contributed by atoms with Gasteiger partial charge in [0.15, 0.2) is 0 Å². The van der Waals surface area contributed by atoms with E-state index in [0.29, 0.717) is 27.8 Å². The fraction of sp³-hybridized carbons (Fsp3) is 0.130. The quantitative estimate of drug-likeness (QED) is 0.316. The summed E-state index contributed by atoms with van der Waals surface area (Å²) in [6, 6.07) is 11.9. The summed E-state index contributed by atoms with van der Waals surface area (Å²) in [6.07, 6.45) is 1.44. The Morgan fingerprint density at radius 3 is 2.52 bits per heavy atom. The molecule has 1 unspecified atom stereocenters. The number of anilines is 1. The summed E-state index contributed by atoms with van der Waals surface area (Å²) in [5, 5.41) is 11.8. The highest BCUT2D eigenvalue weighted by Crippen LogP contribution is 2.44. The van der Waals surface area contributed by atoms with Crippen molar-refractivity contribution < 1.29 is 23.8 Å². The monoisotopic (exact) mass is 457 g/mol. The molecule has 1 saturated heterocycles. The van der Waals surface area contributed by atoms with Crippen LogP contribution in [0.3, 0.4) is 0 Å². The van der Waals surface area contributed by atoms with E-state index >= 15 is 0 Å². The molecule has 8 heteroatoms. The molecule has 31 heavy (non-hydrogen) atoms. The number of benzene rings is 2. The smallest absolute Gasteiger partial charge is 0.300 e. The maximum Gasteiger partial charge on any atom is 0.300 e. The molecule has 1 aliphatic rings. The Labute approximate surface area is 188 Å². The van der Waals surface area contributed by atoms with Crippen molar-refractivity contribution in [1.82, 2.24) is 0 Å². The molecule has 158 valence electrons. The van der Waals surface area contributed by atoms with E-state index in [0.717, 1.165) is 0 Å². The van der Waals surface area contributed by atoms with Gasteiger partial charge in [0.1, 0.15) is 23.3 Å². The molecule has 1 fully saturated rings. The van der Waals surface area contributed by atoms with Crippen molar-refractivity contribution in [3.63, 3.8) is 0 Å². The molecule has 0 spiro atoms. The molecule has 0 radical (unpaired) electrons. The van der Waals surface area contributed by atoms with Crippen LogP contribution in [-0.4, -0.2) is 23.9 Å². The Morgan fingerprint density at radius 2 is 1.90 bits per heavy atom. The van der Waals surface area contributed by atoms with Crippen LogP contribution < -0.4 is 9.64 Å². The number of methoxy groups -OCH3 is 1. The van der Waals surface area contributed by atoms with Gasteiger partial charge in [-0.3, -0.25) is 14.5 Å². The molecular formula is C23H17Cl2NO5. The molecule has 2 aromatic carbocycles. The first-order chi connectivity index (χ1) is 14.8. The molecule has 0 aliphatic carbocycles. The number of ketones is 1. The third-order valence-corrected chi connectivity index (χ3v) is 5.63. The van der Waals surface area contributed by atoms with E-state index in [2.05, 4.69) is 0 Å². The Bertz CT molecular complexity index is 1220. The number of hydrogen-bond donors (Lipinski definition) is 1. The number of Topliss-reactive ketones (excluding diaryl/α,β-unsaturated/α-hetero) is 1. The Hall–Kier alpha value is -3.22. The highest BCUT2D eigenvalue weighted by molar-refractivity contribution is 6.51. The average Bonchev–Trinajstić information content (AvgIpc) is 3.35. The largest absolute Gasteiger partial charge is 0.507 e. The second-order valence-corrected chi connectivity index (χ2v) is 7.81. The number of nitrogens with zero attached hydrogens (tertiary/aromatic N) is 1. The number of amides is 1. The van der Waals surface area contributed by atoms with Crippen molar-refractivity contribution in [2.75, 3.05) is 12.0 Å². The van der Waals surface area contributed by atoms with Crippen LogP contribution in [0.2, 0.25) is 10.0 Å². The van der Waals surface area contributed by atoms with Crippen molar-refractivity contribution >= 4 is 46.3 Å². The van der Waals surface area contributed by atoms with Crippen molar-refractivity contribution in [2.45, 2.75) is 13.0 Å². The second kappa shape index (κ2) is 8.13. The van der Waals surface area contributed by atoms with Crippen LogP contribution in [0.4, 0.5) is 5.69 Å². The van der Waals surface area contributed by atoms with Gasteiger partial charge >= 0.3 is 0 Å². The Balaban J connectivity index is 1.93. The van der Waals surface area contributed by atoms with Gasteiger partial charge < -0.3 is 14.3 Å². The predicted octanol–water partition coefficient (Wildman–Crippen LogP) is 5.53. The normalized spacial score (nSPS) is 17.9. The first-order valence-electron chi connectivity index (χ1n) is 9.28. The summed E-state index contributed by atoms with van der Waals surface area (Å²) in [4.78, 5) is 27.4. The zero-order chi connectivity index (χ0) is 22.3. The minimum Gasteiger partial charge on any atom is -0.507 e. The van der Waals surface area contributed by atoms with Gasteiger partial charge in [0.05, 0.1) is 24.0 Å². The first-order valence-corrected chi connectivity index (χ1v) is 10.0. The maximum absolute atomic E-state index is 13.1. The number of ether oxygens (including phenoxy) is 1. The van der Waals surface area contributed by atoms with E-state index in [9.17, 15) is 14.7 Å². The number of hydrogen-bond acceptors (Lipinski definition) is 5. The van der Waals surface area contributed by atoms with Crippen LogP contribution in [0.15, 0.2) is 64.8 Å². The number of aryl methyl sites for hydroxylation is 1. The lowest BCUT2D eigenvalue weighted by Gasteiger charge is -2.25. The van der Waals surface area contributed by atoms with E-state index in [4.69, 9.17) is 32.4 Å². The fourth-order valence-electron chi connectivity index (χ4n) is 3.66. The molecule has 0 saturated carbocycles. The van der Waals surface area contributed by atoms with Crippen LogP contribution in [0.1, 0.15) is 22.9 Å². The minimum absolute atomic E-state index is 0.101. The number of carbonyl (C=O) groups is 2. The zero-order valence-electron chi connectivity index (χ0n) is 16.6. The number of halogens is 2. The lowest BCUT2D eigenvalue weighted by molar-refractivity contribution is -0.132. The minimum atomic E-state index is -0.962. The molecule has 1 aliphatic heterocycles. The summed E-state index contributed by atoms with van der Waals surface area (Å²) in [5.41, 5.74) is 1.35. The van der Waals surface area contributed by atoms with Crippen molar-refractivity contribution in [1.29, 1.82) is 0 Å². The Morgan fingerprint density at radius 1 is 1.13 bits per heavy atom. The molecule has 2 heterocycles. The Kier molecular flexibility index (Phi) is 5.52. The molecule has 1 amide bonds. The molecule has 3 aromatic rings. The molecule has 1 aromatic heterocycles. The van der Waals surface area contributed by atoms with E-state index in [-0.39, 0.29) is 21.9 Å².